The molecule has 12 rings (SSSR count). The number of para-hydroxylation sites is 2. The Morgan fingerprint density at radius 1 is 0.414 bits per heavy atom. The van der Waals surface area contributed by atoms with Crippen molar-refractivity contribution in [2.24, 2.45) is 0 Å². The van der Waals surface area contributed by atoms with E-state index in [-0.39, 0.29) is 0 Å². The highest BCUT2D eigenvalue weighted by Crippen LogP contribution is 2.40. The number of benzene rings is 7. The molecule has 58 heavy (non-hydrogen) atoms. The molecule has 0 aliphatic heterocycles. The van der Waals surface area contributed by atoms with Crippen molar-refractivity contribution in [3.8, 4) is 45.3 Å². The van der Waals surface area contributed by atoms with Gasteiger partial charge in [-0.05, 0) is 94.1 Å². The van der Waals surface area contributed by atoms with E-state index in [0.29, 0.717) is 5.95 Å². The van der Waals surface area contributed by atoms with Crippen LogP contribution >= 0.6 is 0 Å². The van der Waals surface area contributed by atoms with Crippen LogP contribution in [0.4, 0.5) is 0 Å². The molecule has 2 aliphatic rings. The zero-order valence-corrected chi connectivity index (χ0v) is 31.7. The van der Waals surface area contributed by atoms with Gasteiger partial charge in [0.2, 0.25) is 5.95 Å². The summed E-state index contributed by atoms with van der Waals surface area (Å²) >= 11 is 0. The van der Waals surface area contributed by atoms with Crippen LogP contribution in [0.3, 0.4) is 0 Å². The zero-order chi connectivity index (χ0) is 38.2. The second-order valence-corrected chi connectivity index (χ2v) is 15.3. The lowest BCUT2D eigenvalue weighted by atomic mass is 9.87. The molecule has 0 saturated carbocycles. The lowest BCUT2D eigenvalue weighted by molar-refractivity contribution is 0.996. The second kappa shape index (κ2) is 13.0. The molecule has 7 aromatic carbocycles. The van der Waals surface area contributed by atoms with E-state index in [1.807, 2.05) is 12.1 Å². The monoisotopic (exact) mass is 740 g/mol. The van der Waals surface area contributed by atoms with Gasteiger partial charge in [0, 0.05) is 38.4 Å². The number of aromatic nitrogens is 4. The minimum absolute atomic E-state index is 0.648. The summed E-state index contributed by atoms with van der Waals surface area (Å²) in [5, 5.41) is 7.38. The number of rotatable bonds is 5. The molecular formula is C54H36N4. The van der Waals surface area contributed by atoms with E-state index in [9.17, 15) is 0 Å². The van der Waals surface area contributed by atoms with Crippen molar-refractivity contribution in [3.05, 3.63) is 204 Å². The van der Waals surface area contributed by atoms with Gasteiger partial charge in [-0.2, -0.15) is 0 Å². The predicted molar refractivity (Wildman–Crippen MR) is 241 cm³/mol. The average Bonchev–Trinajstić information content (AvgIpc) is 3.80. The Morgan fingerprint density at radius 3 is 1.67 bits per heavy atom. The van der Waals surface area contributed by atoms with E-state index in [2.05, 4.69) is 191 Å². The Labute approximate surface area is 335 Å². The van der Waals surface area contributed by atoms with Gasteiger partial charge in [0.15, 0.2) is 0 Å². The summed E-state index contributed by atoms with van der Waals surface area (Å²) in [5.41, 5.74) is 14.9. The third-order valence-electron chi connectivity index (χ3n) is 12.0. The van der Waals surface area contributed by atoms with Crippen molar-refractivity contribution in [2.45, 2.75) is 12.8 Å². The van der Waals surface area contributed by atoms with Gasteiger partial charge in [0.1, 0.15) is 0 Å². The molecule has 272 valence electrons. The third-order valence-corrected chi connectivity index (χ3v) is 12.0. The van der Waals surface area contributed by atoms with E-state index in [1.54, 1.807) is 0 Å². The van der Waals surface area contributed by atoms with Gasteiger partial charge in [0.25, 0.3) is 0 Å². The summed E-state index contributed by atoms with van der Waals surface area (Å²) in [5.74, 6) is 0.648. The molecule has 2 aliphatic carbocycles. The standard InChI is InChI=1S/C54H36N4/c1-3-16-35(17-4-1)48-34-49(36-18-5-2-6-19-36)56-54(55-48)58-51-29-14-12-27-44(51)47-32-52-46(33-53(47)58)43-26-11-13-28-50(43)57(52)39-22-15-21-37(30-39)45-31-38-20-7-8-23-40(38)41-24-9-10-25-42(41)45/h1-22,25-34H,23-24H2. The normalized spacial score (nSPS) is 13.2. The predicted octanol–water partition coefficient (Wildman–Crippen LogP) is 11.5. The van der Waals surface area contributed by atoms with Crippen LogP contribution < -0.4 is 10.4 Å². The van der Waals surface area contributed by atoms with Crippen LogP contribution in [0.5, 0.6) is 0 Å². The molecule has 4 nitrogen and oxygen atoms in total. The van der Waals surface area contributed by atoms with Crippen LogP contribution in [0, 0.1) is 0 Å². The van der Waals surface area contributed by atoms with Crippen LogP contribution in [0.25, 0.3) is 101 Å². The highest BCUT2D eigenvalue weighted by Gasteiger charge is 2.21. The minimum atomic E-state index is 0.648. The van der Waals surface area contributed by atoms with Crippen molar-refractivity contribution in [1.82, 2.24) is 19.1 Å². The zero-order valence-electron chi connectivity index (χ0n) is 31.7. The Morgan fingerprint density at radius 2 is 0.983 bits per heavy atom. The molecule has 0 amide bonds. The Hall–Kier alpha value is -7.56. The number of nitrogens with zero attached hydrogens (tertiary/aromatic N) is 4. The fourth-order valence-corrected chi connectivity index (χ4v) is 9.36. The van der Waals surface area contributed by atoms with Gasteiger partial charge in [-0.15, -0.1) is 0 Å². The fourth-order valence-electron chi connectivity index (χ4n) is 9.36. The van der Waals surface area contributed by atoms with Gasteiger partial charge in [-0.1, -0.05) is 146 Å². The van der Waals surface area contributed by atoms with E-state index in [1.165, 1.54) is 49.0 Å². The SMILES string of the molecule is C1=CCc2c3c(c(-c4cccc(-n5c6ccccc6c6cc7c(cc65)c5ccccc5n7-c5nc(-c6ccccc6)cc(-c6ccccc6)n5)c4)cc2=C1)=CC=CC3. The van der Waals surface area contributed by atoms with Gasteiger partial charge in [-0.3, -0.25) is 4.57 Å². The first kappa shape index (κ1) is 32.7. The molecule has 0 spiro atoms. The molecule has 3 heterocycles. The number of hydrogen-bond donors (Lipinski definition) is 0. The molecule has 0 fully saturated rings. The van der Waals surface area contributed by atoms with Gasteiger partial charge >= 0.3 is 0 Å². The number of allylic oxidation sites excluding steroid dienone is 4. The maximum Gasteiger partial charge on any atom is 0.235 e. The summed E-state index contributed by atoms with van der Waals surface area (Å²) in [6.45, 7) is 0. The van der Waals surface area contributed by atoms with Crippen LogP contribution in [-0.4, -0.2) is 19.1 Å². The first-order valence-corrected chi connectivity index (χ1v) is 20.0. The van der Waals surface area contributed by atoms with Gasteiger partial charge < -0.3 is 4.57 Å². The van der Waals surface area contributed by atoms with E-state index < -0.39 is 0 Å². The summed E-state index contributed by atoms with van der Waals surface area (Å²) in [6, 6.07) is 56.6. The minimum Gasteiger partial charge on any atom is -0.309 e. The second-order valence-electron chi connectivity index (χ2n) is 15.3. The Kier molecular flexibility index (Phi) is 7.32. The topological polar surface area (TPSA) is 35.6 Å². The van der Waals surface area contributed by atoms with Crippen LogP contribution in [0.15, 0.2) is 182 Å². The summed E-state index contributed by atoms with van der Waals surface area (Å²) < 4.78 is 4.70. The maximum absolute atomic E-state index is 5.30. The fraction of sp³-hybridized carbons (Fsp3) is 0.0370. The lowest BCUT2D eigenvalue weighted by Gasteiger charge is -2.18. The van der Waals surface area contributed by atoms with Gasteiger partial charge in [0.05, 0.1) is 33.5 Å². The summed E-state index contributed by atoms with van der Waals surface area (Å²) in [7, 11) is 0. The quantitative estimate of drug-likeness (QED) is 0.176. The largest absolute Gasteiger partial charge is 0.309 e. The first-order chi connectivity index (χ1) is 28.8. The molecule has 0 bridgehead atoms. The summed E-state index contributed by atoms with van der Waals surface area (Å²) in [6.07, 6.45) is 15.5. The highest BCUT2D eigenvalue weighted by atomic mass is 15.2. The molecule has 0 saturated heterocycles. The highest BCUT2D eigenvalue weighted by molar-refractivity contribution is 6.19. The molecule has 0 radical (unpaired) electrons. The molecule has 4 heteroatoms. The van der Waals surface area contributed by atoms with Crippen molar-refractivity contribution in [1.29, 1.82) is 0 Å². The molecule has 10 aromatic rings. The van der Waals surface area contributed by atoms with Crippen LogP contribution in [0.1, 0.15) is 11.1 Å². The van der Waals surface area contributed by atoms with Crippen LogP contribution in [0.2, 0.25) is 0 Å². The molecule has 0 atom stereocenters. The van der Waals surface area contributed by atoms with E-state index in [4.69, 9.17) is 9.97 Å². The number of hydrogen-bond acceptors (Lipinski definition) is 2. The smallest absolute Gasteiger partial charge is 0.235 e. The maximum atomic E-state index is 5.30. The van der Waals surface area contributed by atoms with Crippen LogP contribution in [-0.2, 0) is 12.8 Å². The third kappa shape index (κ3) is 5.08. The van der Waals surface area contributed by atoms with Gasteiger partial charge in [-0.25, -0.2) is 9.97 Å². The molecule has 3 aromatic heterocycles. The Bertz CT molecular complexity index is 3430. The van der Waals surface area contributed by atoms with Crippen molar-refractivity contribution < 1.29 is 0 Å². The molecular weight excluding hydrogens is 705 g/mol. The van der Waals surface area contributed by atoms with E-state index >= 15 is 0 Å². The molecule has 0 unspecified atom stereocenters. The number of fused-ring (bicyclic) bond motifs is 9. The van der Waals surface area contributed by atoms with E-state index in [0.717, 1.165) is 68.4 Å². The van der Waals surface area contributed by atoms with Crippen molar-refractivity contribution >= 4 is 55.8 Å². The summed E-state index contributed by atoms with van der Waals surface area (Å²) in [4.78, 5) is 10.6. The lowest BCUT2D eigenvalue weighted by Crippen LogP contribution is -2.26. The van der Waals surface area contributed by atoms with Crippen molar-refractivity contribution in [3.63, 3.8) is 0 Å². The van der Waals surface area contributed by atoms with Crippen molar-refractivity contribution in [2.75, 3.05) is 0 Å². The average molecular weight is 741 g/mol. The molecule has 0 N–H and O–H groups in total. The Balaban J connectivity index is 1.11. The first-order valence-electron chi connectivity index (χ1n) is 20.0.